The monoisotopic (exact) mass is 462 g/mol. The third-order valence-corrected chi connectivity index (χ3v) is 8.19. The molecule has 1 aromatic carbocycles. The molecule has 178 valence electrons. The largest absolute Gasteiger partial charge is 0.457 e. The second-order valence-corrected chi connectivity index (χ2v) is 11.8. The molecular weight excluding hydrogens is 424 g/mol. The molecule has 3 rings (SSSR count). The minimum atomic E-state index is -0.856. The molecule has 6 heteroatoms. The van der Waals surface area contributed by atoms with Crippen LogP contribution in [0.25, 0.3) is 0 Å². The average molecular weight is 463 g/mol. The standard InChI is InChI=1S/C26H38O5S/c1-16(2)26(10-9-19-8-7-11-30-19)14-21(28)23(24(29)31-26)32-22-12-17(3)18(15-27)13-20(22)25(4,5)6/h12-13,16,19,23,27H,7-11,14-15H2,1-6H3. The van der Waals surface area contributed by atoms with Crippen LogP contribution in [0.2, 0.25) is 0 Å². The smallest absolute Gasteiger partial charge is 0.327 e. The van der Waals surface area contributed by atoms with Crippen LogP contribution in [-0.4, -0.2) is 40.4 Å². The molecule has 0 aromatic heterocycles. The summed E-state index contributed by atoms with van der Waals surface area (Å²) >= 11 is 1.29. The molecule has 5 nitrogen and oxygen atoms in total. The van der Waals surface area contributed by atoms with Crippen LogP contribution in [0.5, 0.6) is 0 Å². The quantitative estimate of drug-likeness (QED) is 0.448. The van der Waals surface area contributed by atoms with Crippen molar-refractivity contribution < 1.29 is 24.2 Å². The molecule has 1 N–H and O–H groups in total. The zero-order chi connectivity index (χ0) is 23.7. The minimum absolute atomic E-state index is 0.0358. The maximum Gasteiger partial charge on any atom is 0.327 e. The van der Waals surface area contributed by atoms with Gasteiger partial charge in [0.2, 0.25) is 0 Å². The fraction of sp³-hybridized carbons (Fsp3) is 0.692. The van der Waals surface area contributed by atoms with E-state index in [9.17, 15) is 14.7 Å². The lowest BCUT2D eigenvalue weighted by molar-refractivity contribution is -0.177. The Morgan fingerprint density at radius 3 is 2.50 bits per heavy atom. The molecule has 0 radical (unpaired) electrons. The van der Waals surface area contributed by atoms with Crippen LogP contribution in [-0.2, 0) is 31.1 Å². The number of aliphatic hydroxyl groups is 1. The Kier molecular flexibility index (Phi) is 7.78. The molecule has 0 amide bonds. The van der Waals surface area contributed by atoms with Crippen LogP contribution < -0.4 is 0 Å². The van der Waals surface area contributed by atoms with E-state index in [0.717, 1.165) is 47.5 Å². The van der Waals surface area contributed by atoms with Crippen LogP contribution in [0.15, 0.2) is 17.0 Å². The van der Waals surface area contributed by atoms with Crippen LogP contribution in [0, 0.1) is 12.8 Å². The van der Waals surface area contributed by atoms with E-state index in [1.54, 1.807) is 0 Å². The lowest BCUT2D eigenvalue weighted by Gasteiger charge is -2.42. The zero-order valence-electron chi connectivity index (χ0n) is 20.3. The van der Waals surface area contributed by atoms with Crippen LogP contribution in [0.4, 0.5) is 0 Å². The van der Waals surface area contributed by atoms with Crippen molar-refractivity contribution in [3.8, 4) is 0 Å². The van der Waals surface area contributed by atoms with E-state index in [0.29, 0.717) is 6.42 Å². The van der Waals surface area contributed by atoms with Gasteiger partial charge in [0, 0.05) is 17.9 Å². The highest BCUT2D eigenvalue weighted by molar-refractivity contribution is 8.01. The maximum atomic E-state index is 13.3. The molecule has 0 aliphatic carbocycles. The van der Waals surface area contributed by atoms with Crippen molar-refractivity contribution in [3.05, 3.63) is 28.8 Å². The number of carbonyl (C=O) groups excluding carboxylic acids is 2. The van der Waals surface area contributed by atoms with Gasteiger partial charge in [0.15, 0.2) is 11.0 Å². The second kappa shape index (κ2) is 9.86. The summed E-state index contributed by atoms with van der Waals surface area (Å²) in [6.07, 6.45) is 4.02. The maximum absolute atomic E-state index is 13.3. The summed E-state index contributed by atoms with van der Waals surface area (Å²) in [7, 11) is 0. The molecule has 2 saturated heterocycles. The summed E-state index contributed by atoms with van der Waals surface area (Å²) in [6, 6.07) is 3.98. The number of hydrogen-bond donors (Lipinski definition) is 1. The predicted molar refractivity (Wildman–Crippen MR) is 127 cm³/mol. The van der Waals surface area contributed by atoms with Gasteiger partial charge in [-0.2, -0.15) is 0 Å². The highest BCUT2D eigenvalue weighted by atomic mass is 32.2. The van der Waals surface area contributed by atoms with E-state index in [1.165, 1.54) is 11.8 Å². The van der Waals surface area contributed by atoms with Gasteiger partial charge in [0.05, 0.1) is 12.7 Å². The summed E-state index contributed by atoms with van der Waals surface area (Å²) in [5.74, 6) is -0.439. The molecule has 0 bridgehead atoms. The summed E-state index contributed by atoms with van der Waals surface area (Å²) in [6.45, 7) is 13.0. The summed E-state index contributed by atoms with van der Waals surface area (Å²) in [4.78, 5) is 27.4. The number of thioether (sulfide) groups is 1. The number of ketones is 1. The van der Waals surface area contributed by atoms with E-state index in [1.807, 2.05) is 32.9 Å². The Morgan fingerprint density at radius 1 is 1.25 bits per heavy atom. The molecule has 3 unspecified atom stereocenters. The number of aryl methyl sites for hydroxylation is 1. The molecule has 32 heavy (non-hydrogen) atoms. The fourth-order valence-electron chi connectivity index (χ4n) is 4.66. The molecule has 0 spiro atoms. The first-order chi connectivity index (χ1) is 15.0. The first-order valence-electron chi connectivity index (χ1n) is 11.8. The number of rotatable bonds is 7. The molecule has 1 aromatic rings. The fourth-order valence-corrected chi connectivity index (χ4v) is 6.01. The van der Waals surface area contributed by atoms with Gasteiger partial charge >= 0.3 is 5.97 Å². The third kappa shape index (κ3) is 5.40. The highest BCUT2D eigenvalue weighted by Crippen LogP contribution is 2.43. The van der Waals surface area contributed by atoms with Crippen molar-refractivity contribution in [1.82, 2.24) is 0 Å². The van der Waals surface area contributed by atoms with Gasteiger partial charge in [0.25, 0.3) is 0 Å². The third-order valence-electron chi connectivity index (χ3n) is 6.91. The lowest BCUT2D eigenvalue weighted by Crippen LogP contribution is -2.52. The Bertz CT molecular complexity index is 831. The summed E-state index contributed by atoms with van der Waals surface area (Å²) in [5, 5.41) is 8.84. The van der Waals surface area contributed by atoms with Gasteiger partial charge in [-0.15, -0.1) is 11.8 Å². The molecule has 0 saturated carbocycles. The normalized spacial score (nSPS) is 26.6. The Labute approximate surface area is 196 Å². The van der Waals surface area contributed by atoms with E-state index in [-0.39, 0.29) is 36.2 Å². The number of benzene rings is 1. The number of cyclic esters (lactones) is 1. The lowest BCUT2D eigenvalue weighted by atomic mass is 9.78. The minimum Gasteiger partial charge on any atom is -0.457 e. The van der Waals surface area contributed by atoms with Crippen LogP contribution >= 0.6 is 11.8 Å². The summed E-state index contributed by atoms with van der Waals surface area (Å²) in [5.41, 5.74) is 1.90. The Balaban J connectivity index is 1.82. The van der Waals surface area contributed by atoms with Crippen molar-refractivity contribution in [2.24, 2.45) is 5.92 Å². The van der Waals surface area contributed by atoms with E-state index in [4.69, 9.17) is 9.47 Å². The highest BCUT2D eigenvalue weighted by Gasteiger charge is 2.49. The van der Waals surface area contributed by atoms with E-state index < -0.39 is 16.8 Å². The SMILES string of the molecule is Cc1cc(SC2C(=O)CC(CCC3CCCO3)(C(C)C)OC2=O)c(C(C)(C)C)cc1CO. The number of Topliss-reactive ketones (excluding diaryl/α,β-unsaturated/α-hetero) is 1. The molecule has 2 aliphatic heterocycles. The van der Waals surface area contributed by atoms with Gasteiger partial charge in [-0.3, -0.25) is 9.59 Å². The zero-order valence-corrected chi connectivity index (χ0v) is 21.1. The van der Waals surface area contributed by atoms with E-state index >= 15 is 0 Å². The van der Waals surface area contributed by atoms with Gasteiger partial charge in [-0.1, -0.05) is 40.7 Å². The summed E-state index contributed by atoms with van der Waals surface area (Å²) < 4.78 is 11.8. The molecule has 2 aliphatic rings. The number of aliphatic hydroxyl groups excluding tert-OH is 1. The van der Waals surface area contributed by atoms with Crippen molar-refractivity contribution in [3.63, 3.8) is 0 Å². The van der Waals surface area contributed by atoms with Gasteiger partial charge < -0.3 is 14.6 Å². The number of carbonyl (C=O) groups is 2. The number of ether oxygens (including phenoxy) is 2. The van der Waals surface area contributed by atoms with Crippen LogP contribution in [0.3, 0.4) is 0 Å². The Hall–Kier alpha value is -1.37. The average Bonchev–Trinajstić information content (AvgIpc) is 3.22. The molecular formula is C26H38O5S. The second-order valence-electron chi connectivity index (χ2n) is 10.6. The molecule has 3 atom stereocenters. The van der Waals surface area contributed by atoms with Crippen molar-refractivity contribution in [2.75, 3.05) is 6.61 Å². The first kappa shape index (κ1) is 25.3. The van der Waals surface area contributed by atoms with Gasteiger partial charge in [0.1, 0.15) is 5.60 Å². The van der Waals surface area contributed by atoms with Crippen molar-refractivity contribution in [1.29, 1.82) is 0 Å². The predicted octanol–water partition coefficient (Wildman–Crippen LogP) is 5.12. The van der Waals surface area contributed by atoms with Crippen molar-refractivity contribution in [2.45, 2.75) is 108 Å². The molecule has 2 heterocycles. The van der Waals surface area contributed by atoms with E-state index in [2.05, 4.69) is 20.8 Å². The van der Waals surface area contributed by atoms with Gasteiger partial charge in [-0.05, 0) is 66.7 Å². The number of hydrogen-bond acceptors (Lipinski definition) is 6. The first-order valence-corrected chi connectivity index (χ1v) is 12.6. The number of esters is 1. The van der Waals surface area contributed by atoms with Gasteiger partial charge in [-0.25, -0.2) is 0 Å². The topological polar surface area (TPSA) is 72.8 Å². The van der Waals surface area contributed by atoms with Crippen molar-refractivity contribution >= 4 is 23.5 Å². The Morgan fingerprint density at radius 2 is 1.97 bits per heavy atom. The molecule has 2 fully saturated rings. The van der Waals surface area contributed by atoms with Crippen LogP contribution in [0.1, 0.15) is 83.4 Å².